The summed E-state index contributed by atoms with van der Waals surface area (Å²) in [6, 6.07) is 7.78. The third-order valence-electron chi connectivity index (χ3n) is 5.17. The highest BCUT2D eigenvalue weighted by molar-refractivity contribution is 7.12. The minimum atomic E-state index is -0.277. The van der Waals surface area contributed by atoms with E-state index in [1.54, 1.807) is 27.7 Å². The van der Waals surface area contributed by atoms with E-state index >= 15 is 0 Å². The van der Waals surface area contributed by atoms with Crippen molar-refractivity contribution in [2.24, 2.45) is 11.0 Å². The average Bonchev–Trinajstić information content (AvgIpc) is 3.40. The number of amides is 2. The Hall–Kier alpha value is -2.03. The minimum absolute atomic E-state index is 0.00746. The van der Waals surface area contributed by atoms with E-state index in [1.165, 1.54) is 0 Å². The van der Waals surface area contributed by atoms with Gasteiger partial charge in [0.2, 0.25) is 5.91 Å². The average molecular weight is 417 g/mol. The van der Waals surface area contributed by atoms with Gasteiger partial charge in [0, 0.05) is 24.4 Å². The van der Waals surface area contributed by atoms with Crippen LogP contribution in [0.3, 0.4) is 0 Å². The number of hydrazone groups is 1. The molecule has 28 heavy (non-hydrogen) atoms. The molecule has 2 aliphatic rings. The van der Waals surface area contributed by atoms with Gasteiger partial charge in [-0.05, 0) is 28.8 Å². The van der Waals surface area contributed by atoms with E-state index < -0.39 is 0 Å². The van der Waals surface area contributed by atoms with Gasteiger partial charge in [0.05, 0.1) is 29.2 Å². The zero-order chi connectivity index (χ0) is 19.7. The third-order valence-corrected chi connectivity index (χ3v) is 7.07. The molecule has 0 aliphatic carbocycles. The summed E-state index contributed by atoms with van der Waals surface area (Å²) in [7, 11) is 0. The molecule has 2 atom stereocenters. The van der Waals surface area contributed by atoms with Gasteiger partial charge < -0.3 is 5.32 Å². The number of hydrogen-bond acceptors (Lipinski definition) is 6. The molecule has 0 radical (unpaired) electrons. The van der Waals surface area contributed by atoms with E-state index in [0.29, 0.717) is 13.1 Å². The second-order valence-electron chi connectivity index (χ2n) is 7.45. The Morgan fingerprint density at radius 3 is 2.75 bits per heavy atom. The SMILES string of the molecule is CC(C)C1C(=O)NCCN1CC(=O)N1N=C(c2cccs2)CC1c1cccs1. The molecule has 1 saturated heterocycles. The van der Waals surface area contributed by atoms with Crippen molar-refractivity contribution in [1.82, 2.24) is 15.2 Å². The van der Waals surface area contributed by atoms with Crippen LogP contribution < -0.4 is 5.32 Å². The molecule has 0 spiro atoms. The van der Waals surface area contributed by atoms with E-state index in [0.717, 1.165) is 21.9 Å². The Morgan fingerprint density at radius 1 is 1.29 bits per heavy atom. The lowest BCUT2D eigenvalue weighted by Crippen LogP contribution is -2.59. The molecular weight excluding hydrogens is 392 g/mol. The molecular formula is C20H24N4O2S2. The normalized spacial score (nSPS) is 23.2. The molecule has 2 amide bonds. The zero-order valence-electron chi connectivity index (χ0n) is 16.0. The van der Waals surface area contributed by atoms with Crippen LogP contribution in [0.25, 0.3) is 0 Å². The highest BCUT2D eigenvalue weighted by atomic mass is 32.1. The fraction of sp³-hybridized carbons (Fsp3) is 0.450. The van der Waals surface area contributed by atoms with Crippen LogP contribution >= 0.6 is 22.7 Å². The Kier molecular flexibility index (Phi) is 5.61. The molecule has 2 aromatic rings. The van der Waals surface area contributed by atoms with Crippen LogP contribution in [0.15, 0.2) is 40.1 Å². The van der Waals surface area contributed by atoms with Gasteiger partial charge in [-0.2, -0.15) is 5.10 Å². The standard InChI is InChI=1S/C20H24N4O2S2/c1-13(2)19-20(26)21-7-8-23(19)12-18(25)24-15(17-6-4-10-28-17)11-14(22-24)16-5-3-9-27-16/h3-6,9-10,13,15,19H,7-8,11-12H2,1-2H3,(H,21,26). The predicted molar refractivity (Wildman–Crippen MR) is 113 cm³/mol. The van der Waals surface area contributed by atoms with Crippen molar-refractivity contribution in [3.63, 3.8) is 0 Å². The molecule has 1 fully saturated rings. The summed E-state index contributed by atoms with van der Waals surface area (Å²) in [5, 5.41) is 13.3. The minimum Gasteiger partial charge on any atom is -0.353 e. The quantitative estimate of drug-likeness (QED) is 0.815. The summed E-state index contributed by atoms with van der Waals surface area (Å²) in [5.74, 6) is 0.100. The molecule has 0 aromatic carbocycles. The summed E-state index contributed by atoms with van der Waals surface area (Å²) in [4.78, 5) is 29.8. The molecule has 4 heterocycles. The number of hydrogen-bond donors (Lipinski definition) is 1. The van der Waals surface area contributed by atoms with Crippen LogP contribution in [0.1, 0.15) is 36.1 Å². The van der Waals surface area contributed by atoms with Crippen molar-refractivity contribution in [3.8, 4) is 0 Å². The fourth-order valence-corrected chi connectivity index (χ4v) is 5.45. The van der Waals surface area contributed by atoms with Gasteiger partial charge in [-0.15, -0.1) is 22.7 Å². The van der Waals surface area contributed by atoms with Crippen LogP contribution in [0.2, 0.25) is 0 Å². The second-order valence-corrected chi connectivity index (χ2v) is 9.37. The number of rotatable bonds is 5. The number of nitrogens with zero attached hydrogens (tertiary/aromatic N) is 3. The number of nitrogens with one attached hydrogen (secondary N) is 1. The summed E-state index contributed by atoms with van der Waals surface area (Å²) >= 11 is 3.30. The van der Waals surface area contributed by atoms with Crippen LogP contribution in [0.5, 0.6) is 0 Å². The molecule has 6 nitrogen and oxygen atoms in total. The van der Waals surface area contributed by atoms with Crippen LogP contribution in [-0.4, -0.2) is 53.1 Å². The molecule has 2 aliphatic heterocycles. The van der Waals surface area contributed by atoms with E-state index in [1.807, 2.05) is 47.7 Å². The Morgan fingerprint density at radius 2 is 2.07 bits per heavy atom. The molecule has 0 saturated carbocycles. The summed E-state index contributed by atoms with van der Waals surface area (Å²) < 4.78 is 0. The Labute approximate surface area is 172 Å². The van der Waals surface area contributed by atoms with E-state index in [4.69, 9.17) is 5.10 Å². The molecule has 1 N–H and O–H groups in total. The number of piperazine rings is 1. The molecule has 0 bridgehead atoms. The highest BCUT2D eigenvalue weighted by Crippen LogP contribution is 2.36. The molecule has 8 heteroatoms. The van der Waals surface area contributed by atoms with Crippen molar-refractivity contribution in [2.45, 2.75) is 32.4 Å². The van der Waals surface area contributed by atoms with Crippen molar-refractivity contribution < 1.29 is 9.59 Å². The summed E-state index contributed by atoms with van der Waals surface area (Å²) in [6.07, 6.45) is 0.723. The van der Waals surface area contributed by atoms with E-state index in [9.17, 15) is 9.59 Å². The topological polar surface area (TPSA) is 65.0 Å². The molecule has 2 aromatic heterocycles. The second kappa shape index (κ2) is 8.14. The Balaban J connectivity index is 1.57. The van der Waals surface area contributed by atoms with Gasteiger partial charge in [0.15, 0.2) is 0 Å². The maximum absolute atomic E-state index is 13.3. The van der Waals surface area contributed by atoms with E-state index in [-0.39, 0.29) is 36.4 Å². The first kappa shape index (κ1) is 19.3. The monoisotopic (exact) mass is 416 g/mol. The first-order chi connectivity index (χ1) is 13.5. The fourth-order valence-electron chi connectivity index (χ4n) is 3.91. The van der Waals surface area contributed by atoms with Gasteiger partial charge in [0.25, 0.3) is 5.91 Å². The summed E-state index contributed by atoms with van der Waals surface area (Å²) in [5.41, 5.74) is 0.957. The van der Waals surface area contributed by atoms with Gasteiger partial charge in [-0.3, -0.25) is 14.5 Å². The first-order valence-electron chi connectivity index (χ1n) is 9.53. The van der Waals surface area contributed by atoms with Gasteiger partial charge in [-0.1, -0.05) is 26.0 Å². The number of thiophene rings is 2. The maximum atomic E-state index is 13.3. The lowest BCUT2D eigenvalue weighted by molar-refractivity contribution is -0.138. The number of carbonyl (C=O) groups is 2. The first-order valence-corrected chi connectivity index (χ1v) is 11.3. The van der Waals surface area contributed by atoms with Crippen molar-refractivity contribution in [1.29, 1.82) is 0 Å². The smallest absolute Gasteiger partial charge is 0.257 e. The molecule has 4 rings (SSSR count). The predicted octanol–water partition coefficient (Wildman–Crippen LogP) is 2.94. The van der Waals surface area contributed by atoms with Crippen molar-refractivity contribution >= 4 is 40.2 Å². The van der Waals surface area contributed by atoms with Gasteiger partial charge >= 0.3 is 0 Å². The van der Waals surface area contributed by atoms with Crippen LogP contribution in [-0.2, 0) is 9.59 Å². The highest BCUT2D eigenvalue weighted by Gasteiger charge is 2.38. The molecule has 148 valence electrons. The van der Waals surface area contributed by atoms with Gasteiger partial charge in [0.1, 0.15) is 0 Å². The lowest BCUT2D eigenvalue weighted by Gasteiger charge is -2.37. The van der Waals surface area contributed by atoms with Crippen molar-refractivity contribution in [3.05, 3.63) is 44.8 Å². The lowest BCUT2D eigenvalue weighted by atomic mass is 9.99. The van der Waals surface area contributed by atoms with Crippen molar-refractivity contribution in [2.75, 3.05) is 19.6 Å². The largest absolute Gasteiger partial charge is 0.353 e. The molecule has 2 unspecified atom stereocenters. The van der Waals surface area contributed by atoms with Gasteiger partial charge in [-0.25, -0.2) is 5.01 Å². The van der Waals surface area contributed by atoms with E-state index in [2.05, 4.69) is 11.4 Å². The third kappa shape index (κ3) is 3.76. The zero-order valence-corrected chi connectivity index (χ0v) is 17.6. The summed E-state index contributed by atoms with van der Waals surface area (Å²) in [6.45, 7) is 5.50. The van der Waals surface area contributed by atoms with Crippen LogP contribution in [0.4, 0.5) is 0 Å². The van der Waals surface area contributed by atoms with Crippen LogP contribution in [0, 0.1) is 5.92 Å². The Bertz CT molecular complexity index is 861. The maximum Gasteiger partial charge on any atom is 0.257 e. The number of carbonyl (C=O) groups excluding carboxylic acids is 2.